The number of fused-ring (bicyclic) bond motifs is 1. The van der Waals surface area contributed by atoms with Crippen LogP contribution < -0.4 is 0 Å². The summed E-state index contributed by atoms with van der Waals surface area (Å²) in [5, 5.41) is 4.74. The molecule has 180 valence electrons. The van der Waals surface area contributed by atoms with Gasteiger partial charge in [0.2, 0.25) is 5.91 Å². The smallest absolute Gasteiger partial charge is 0.285 e. The van der Waals surface area contributed by atoms with Crippen LogP contribution in [0.1, 0.15) is 43.1 Å². The number of carbonyl (C=O) groups is 2. The number of H-pyrrole nitrogens is 1. The first kappa shape index (κ1) is 24.0. The molecule has 1 aromatic carbocycles. The first-order valence-electron chi connectivity index (χ1n) is 12.0. The Labute approximate surface area is 201 Å². The molecule has 0 saturated carbocycles. The van der Waals surface area contributed by atoms with Crippen LogP contribution >= 0.6 is 11.6 Å². The van der Waals surface area contributed by atoms with E-state index in [1.54, 1.807) is 31.2 Å². The Kier molecular flexibility index (Phi) is 7.31. The summed E-state index contributed by atoms with van der Waals surface area (Å²) in [5.41, 5.74) is 1.29. The maximum Gasteiger partial charge on any atom is 0.285 e. The number of aromatic nitrogens is 1. The fraction of sp³-hybridized carbons (Fsp3) is 0.600. The van der Waals surface area contributed by atoms with Crippen molar-refractivity contribution in [2.75, 3.05) is 47.3 Å². The van der Waals surface area contributed by atoms with Gasteiger partial charge in [0, 0.05) is 43.1 Å². The van der Waals surface area contributed by atoms with Gasteiger partial charge in [-0.25, -0.2) is 5.01 Å². The Morgan fingerprint density at radius 3 is 2.24 bits per heavy atom. The molecule has 3 heterocycles. The Balaban J connectivity index is 1.41. The van der Waals surface area contributed by atoms with Crippen LogP contribution in [0, 0.1) is 11.8 Å². The third-order valence-corrected chi connectivity index (χ3v) is 7.69. The first-order valence-corrected chi connectivity index (χ1v) is 12.4. The van der Waals surface area contributed by atoms with Crippen molar-refractivity contribution in [3.8, 4) is 0 Å². The van der Waals surface area contributed by atoms with E-state index in [4.69, 9.17) is 11.6 Å². The molecular weight excluding hydrogens is 438 g/mol. The summed E-state index contributed by atoms with van der Waals surface area (Å²) in [5.74, 6) is 1.28. The average molecular weight is 474 g/mol. The Bertz CT molecular complexity index is 990. The van der Waals surface area contributed by atoms with Gasteiger partial charge in [-0.05, 0) is 88.8 Å². The SMILES string of the molecule is C[C@H](C(=O)N1CCC(C2CCN(C)CC2)CC1)N(C(=O)c1cc2cc(Cl)ccc2[nH]1)N(C)C. The Morgan fingerprint density at radius 1 is 1.03 bits per heavy atom. The van der Waals surface area contributed by atoms with Gasteiger partial charge in [0.05, 0.1) is 0 Å². The van der Waals surface area contributed by atoms with E-state index in [1.165, 1.54) is 30.9 Å². The molecule has 7 nitrogen and oxygen atoms in total. The predicted molar refractivity (Wildman–Crippen MR) is 132 cm³/mol. The van der Waals surface area contributed by atoms with Crippen LogP contribution in [0.25, 0.3) is 10.9 Å². The monoisotopic (exact) mass is 473 g/mol. The van der Waals surface area contributed by atoms with Gasteiger partial charge in [-0.1, -0.05) is 11.6 Å². The van der Waals surface area contributed by atoms with Crippen molar-refractivity contribution in [1.82, 2.24) is 24.8 Å². The van der Waals surface area contributed by atoms with Crippen LogP contribution in [0.5, 0.6) is 0 Å². The maximum atomic E-state index is 13.4. The van der Waals surface area contributed by atoms with Gasteiger partial charge < -0.3 is 14.8 Å². The summed E-state index contributed by atoms with van der Waals surface area (Å²) in [6, 6.07) is 6.69. The van der Waals surface area contributed by atoms with Crippen molar-refractivity contribution >= 4 is 34.3 Å². The molecule has 2 amide bonds. The number of likely N-dealkylation sites (tertiary alicyclic amines) is 2. The summed E-state index contributed by atoms with van der Waals surface area (Å²) in [6.07, 6.45) is 4.66. The summed E-state index contributed by atoms with van der Waals surface area (Å²) >= 11 is 6.09. The van der Waals surface area contributed by atoms with Crippen molar-refractivity contribution < 1.29 is 9.59 Å². The van der Waals surface area contributed by atoms with Crippen molar-refractivity contribution in [2.45, 2.75) is 38.6 Å². The number of hydrogen-bond donors (Lipinski definition) is 1. The van der Waals surface area contributed by atoms with Gasteiger partial charge in [0.1, 0.15) is 11.7 Å². The molecule has 2 aromatic rings. The number of aromatic amines is 1. The fourth-order valence-electron chi connectivity index (χ4n) is 5.51. The van der Waals surface area contributed by atoms with E-state index in [2.05, 4.69) is 16.9 Å². The minimum Gasteiger partial charge on any atom is -0.350 e. The van der Waals surface area contributed by atoms with E-state index in [-0.39, 0.29) is 11.8 Å². The number of hydrogen-bond acceptors (Lipinski definition) is 4. The number of halogens is 1. The van der Waals surface area contributed by atoms with Gasteiger partial charge in [-0.2, -0.15) is 0 Å². The zero-order valence-electron chi connectivity index (χ0n) is 20.2. The number of nitrogens with zero attached hydrogens (tertiary/aromatic N) is 4. The second-order valence-corrected chi connectivity index (χ2v) is 10.3. The second-order valence-electron chi connectivity index (χ2n) is 9.89. The molecule has 2 aliphatic heterocycles. The van der Waals surface area contributed by atoms with Gasteiger partial charge in [-0.15, -0.1) is 0 Å². The van der Waals surface area contributed by atoms with E-state index in [0.29, 0.717) is 16.6 Å². The van der Waals surface area contributed by atoms with Gasteiger partial charge in [0.15, 0.2) is 0 Å². The molecule has 1 atom stereocenters. The maximum absolute atomic E-state index is 13.4. The standard InChI is InChI=1S/C25H36ClN5O2/c1-17(24(32)30-13-9-19(10-14-30)18-7-11-29(4)12-8-18)31(28(2)3)25(33)23-16-20-15-21(26)5-6-22(20)27-23/h5-6,15-19,27H,7-14H2,1-4H3/t17-/m1/s1. The van der Waals surface area contributed by atoms with E-state index >= 15 is 0 Å². The lowest BCUT2D eigenvalue weighted by Crippen LogP contribution is -2.55. The summed E-state index contributed by atoms with van der Waals surface area (Å²) < 4.78 is 0. The molecule has 2 aliphatic rings. The highest BCUT2D eigenvalue weighted by Gasteiger charge is 2.35. The molecule has 2 saturated heterocycles. The largest absolute Gasteiger partial charge is 0.350 e. The third kappa shape index (κ3) is 5.20. The molecule has 1 N–H and O–H groups in total. The third-order valence-electron chi connectivity index (χ3n) is 7.46. The summed E-state index contributed by atoms with van der Waals surface area (Å²) in [6.45, 7) is 5.74. The normalized spacial score (nSPS) is 19.9. The number of piperidine rings is 2. The molecule has 0 radical (unpaired) electrons. The number of nitrogens with one attached hydrogen (secondary N) is 1. The molecule has 1 aromatic heterocycles. The van der Waals surface area contributed by atoms with Crippen LogP contribution in [0.4, 0.5) is 0 Å². The van der Waals surface area contributed by atoms with E-state index in [9.17, 15) is 9.59 Å². The van der Waals surface area contributed by atoms with E-state index < -0.39 is 6.04 Å². The number of carbonyl (C=O) groups excluding carboxylic acids is 2. The lowest BCUT2D eigenvalue weighted by molar-refractivity contribution is -0.142. The van der Waals surface area contributed by atoms with Crippen molar-refractivity contribution in [1.29, 1.82) is 0 Å². The molecular formula is C25H36ClN5O2. The van der Waals surface area contributed by atoms with Crippen LogP contribution in [0.3, 0.4) is 0 Å². The molecule has 8 heteroatoms. The Morgan fingerprint density at radius 2 is 1.64 bits per heavy atom. The van der Waals surface area contributed by atoms with Crippen LogP contribution in [-0.4, -0.2) is 90.0 Å². The molecule has 0 spiro atoms. The van der Waals surface area contributed by atoms with Crippen molar-refractivity contribution in [2.24, 2.45) is 11.8 Å². The highest BCUT2D eigenvalue weighted by atomic mass is 35.5. The number of hydrazine groups is 1. The van der Waals surface area contributed by atoms with Crippen molar-refractivity contribution in [3.05, 3.63) is 35.0 Å². The highest BCUT2D eigenvalue weighted by Crippen LogP contribution is 2.32. The van der Waals surface area contributed by atoms with Gasteiger partial charge in [-0.3, -0.25) is 14.6 Å². The Hall–Kier alpha value is -2.09. The topological polar surface area (TPSA) is 62.9 Å². The second kappa shape index (κ2) is 10.0. The fourth-order valence-corrected chi connectivity index (χ4v) is 5.69. The van der Waals surface area contributed by atoms with Gasteiger partial charge in [0.25, 0.3) is 5.91 Å². The first-order chi connectivity index (χ1) is 15.7. The minimum absolute atomic E-state index is 0.0121. The average Bonchev–Trinajstić information content (AvgIpc) is 3.22. The lowest BCUT2D eigenvalue weighted by atomic mass is 9.79. The highest BCUT2D eigenvalue weighted by molar-refractivity contribution is 6.31. The lowest BCUT2D eigenvalue weighted by Gasteiger charge is -2.41. The summed E-state index contributed by atoms with van der Waals surface area (Å²) in [7, 11) is 5.79. The van der Waals surface area contributed by atoms with Crippen LogP contribution in [0.15, 0.2) is 24.3 Å². The van der Waals surface area contributed by atoms with Gasteiger partial charge >= 0.3 is 0 Å². The minimum atomic E-state index is -0.581. The molecule has 33 heavy (non-hydrogen) atoms. The molecule has 4 rings (SSSR count). The predicted octanol–water partition coefficient (Wildman–Crippen LogP) is 3.71. The number of amides is 2. The number of benzene rings is 1. The summed E-state index contributed by atoms with van der Waals surface area (Å²) in [4.78, 5) is 34.3. The zero-order chi connectivity index (χ0) is 23.7. The molecule has 2 fully saturated rings. The van der Waals surface area contributed by atoms with Crippen molar-refractivity contribution in [3.63, 3.8) is 0 Å². The molecule has 0 unspecified atom stereocenters. The number of rotatable bonds is 5. The quantitative estimate of drug-likeness (QED) is 0.672. The zero-order valence-corrected chi connectivity index (χ0v) is 20.9. The van der Waals surface area contributed by atoms with E-state index in [1.807, 2.05) is 24.0 Å². The van der Waals surface area contributed by atoms with Crippen LogP contribution in [-0.2, 0) is 4.79 Å². The van der Waals surface area contributed by atoms with Crippen LogP contribution in [0.2, 0.25) is 5.02 Å². The molecule has 0 bridgehead atoms. The molecule has 0 aliphatic carbocycles. The van der Waals surface area contributed by atoms with E-state index in [0.717, 1.165) is 42.8 Å².